The maximum absolute atomic E-state index is 12.0. The predicted molar refractivity (Wildman–Crippen MR) is 52.7 cm³/mol. The van der Waals surface area contributed by atoms with Gasteiger partial charge in [-0.15, -0.1) is 0 Å². The third-order valence-corrected chi connectivity index (χ3v) is 4.68. The number of aliphatic hydroxyl groups is 1. The normalized spacial score (nSPS) is 51.1. The molecule has 2 bridgehead atoms. The highest BCUT2D eigenvalue weighted by Gasteiger charge is 2.61. The molecule has 3 aliphatic carbocycles. The lowest BCUT2D eigenvalue weighted by atomic mass is 9.71. The molecule has 0 amide bonds. The second kappa shape index (κ2) is 2.48. The zero-order valence-corrected chi connectivity index (χ0v) is 8.33. The number of hydrogen-bond acceptors (Lipinski definition) is 2. The minimum absolute atomic E-state index is 0.0995. The van der Waals surface area contributed by atoms with Crippen molar-refractivity contribution in [1.82, 2.24) is 0 Å². The number of fused-ring (bicyclic) bond motifs is 1. The van der Waals surface area contributed by atoms with E-state index in [1.807, 2.05) is 0 Å². The molecule has 0 heterocycles. The van der Waals surface area contributed by atoms with Crippen LogP contribution in [0.2, 0.25) is 0 Å². The highest BCUT2D eigenvalue weighted by Crippen LogP contribution is 2.62. The van der Waals surface area contributed by atoms with Crippen LogP contribution in [0.15, 0.2) is 12.2 Å². The summed E-state index contributed by atoms with van der Waals surface area (Å²) >= 11 is 0. The first-order valence-electron chi connectivity index (χ1n) is 5.55. The Morgan fingerprint density at radius 2 is 2.21 bits per heavy atom. The van der Waals surface area contributed by atoms with Crippen molar-refractivity contribution in [2.75, 3.05) is 0 Å². The van der Waals surface area contributed by atoms with E-state index >= 15 is 0 Å². The van der Waals surface area contributed by atoms with Crippen molar-refractivity contribution in [3.8, 4) is 0 Å². The SMILES string of the molecule is C=C1C2CCC(=O)C3(CCC(O)C13)C2. The Labute approximate surface area is 84.0 Å². The smallest absolute Gasteiger partial charge is 0.139 e. The quantitative estimate of drug-likeness (QED) is 0.593. The standard InChI is InChI=1S/C12H16O2/c1-7-8-2-3-10(14)12(6-8)5-4-9(13)11(7)12/h8-9,11,13H,1-6H2. The molecule has 2 heteroatoms. The molecule has 0 saturated heterocycles. The third kappa shape index (κ3) is 0.789. The molecule has 3 fully saturated rings. The van der Waals surface area contributed by atoms with E-state index in [4.69, 9.17) is 0 Å². The molecule has 0 radical (unpaired) electrons. The minimum Gasteiger partial charge on any atom is -0.392 e. The molecule has 2 nitrogen and oxygen atoms in total. The number of aliphatic hydroxyl groups excluding tert-OH is 1. The molecule has 3 aliphatic rings. The summed E-state index contributed by atoms with van der Waals surface area (Å²) in [4.78, 5) is 12.0. The van der Waals surface area contributed by atoms with Crippen LogP contribution in [0, 0.1) is 17.3 Å². The van der Waals surface area contributed by atoms with Gasteiger partial charge < -0.3 is 5.11 Å². The van der Waals surface area contributed by atoms with Gasteiger partial charge in [-0.3, -0.25) is 4.79 Å². The Morgan fingerprint density at radius 1 is 1.43 bits per heavy atom. The highest BCUT2D eigenvalue weighted by molar-refractivity contribution is 5.88. The highest BCUT2D eigenvalue weighted by atomic mass is 16.3. The van der Waals surface area contributed by atoms with E-state index < -0.39 is 0 Å². The van der Waals surface area contributed by atoms with E-state index in [0.29, 0.717) is 18.1 Å². The van der Waals surface area contributed by atoms with E-state index in [9.17, 15) is 9.90 Å². The number of rotatable bonds is 0. The number of carbonyl (C=O) groups is 1. The minimum atomic E-state index is -0.297. The summed E-state index contributed by atoms with van der Waals surface area (Å²) in [6.45, 7) is 4.11. The Hall–Kier alpha value is -0.630. The van der Waals surface area contributed by atoms with Gasteiger partial charge in [-0.2, -0.15) is 0 Å². The third-order valence-electron chi connectivity index (χ3n) is 4.68. The number of ketones is 1. The zero-order valence-electron chi connectivity index (χ0n) is 8.33. The summed E-state index contributed by atoms with van der Waals surface area (Å²) < 4.78 is 0. The lowest BCUT2D eigenvalue weighted by Gasteiger charge is -2.30. The van der Waals surface area contributed by atoms with Gasteiger partial charge in [0.25, 0.3) is 0 Å². The first kappa shape index (κ1) is 8.66. The van der Waals surface area contributed by atoms with Gasteiger partial charge >= 0.3 is 0 Å². The van der Waals surface area contributed by atoms with Gasteiger partial charge in [0.15, 0.2) is 0 Å². The lowest BCUT2D eigenvalue weighted by molar-refractivity contribution is -0.132. The van der Waals surface area contributed by atoms with Crippen LogP contribution in [-0.4, -0.2) is 17.0 Å². The molecule has 76 valence electrons. The summed E-state index contributed by atoms with van der Waals surface area (Å²) in [5.74, 6) is 1.02. The van der Waals surface area contributed by atoms with Gasteiger partial charge in [0.05, 0.1) is 6.10 Å². The van der Waals surface area contributed by atoms with Crippen molar-refractivity contribution in [3.63, 3.8) is 0 Å². The molecule has 0 aromatic rings. The van der Waals surface area contributed by atoms with Gasteiger partial charge in [-0.05, 0) is 31.6 Å². The first-order chi connectivity index (χ1) is 6.65. The monoisotopic (exact) mass is 192 g/mol. The number of hydrogen-bond donors (Lipinski definition) is 1. The van der Waals surface area contributed by atoms with Gasteiger partial charge in [-0.1, -0.05) is 12.2 Å². The van der Waals surface area contributed by atoms with Gasteiger partial charge in [0.2, 0.25) is 0 Å². The van der Waals surface area contributed by atoms with E-state index in [2.05, 4.69) is 6.58 Å². The maximum atomic E-state index is 12.0. The molecular formula is C12H16O2. The average molecular weight is 192 g/mol. The molecule has 4 unspecified atom stereocenters. The Kier molecular flexibility index (Phi) is 1.54. The van der Waals surface area contributed by atoms with Crippen molar-refractivity contribution < 1.29 is 9.90 Å². The molecular weight excluding hydrogens is 176 g/mol. The summed E-state index contributed by atoms with van der Waals surface area (Å²) in [5.41, 5.74) is 0.986. The molecule has 1 spiro atoms. The second-order valence-corrected chi connectivity index (χ2v) is 5.18. The molecule has 14 heavy (non-hydrogen) atoms. The van der Waals surface area contributed by atoms with Crippen LogP contribution in [0.1, 0.15) is 32.1 Å². The second-order valence-electron chi connectivity index (χ2n) is 5.18. The van der Waals surface area contributed by atoms with Crippen molar-refractivity contribution in [2.45, 2.75) is 38.2 Å². The summed E-state index contributed by atoms with van der Waals surface area (Å²) in [5, 5.41) is 9.92. The Morgan fingerprint density at radius 3 is 3.00 bits per heavy atom. The zero-order chi connectivity index (χ0) is 9.92. The fourth-order valence-corrected chi connectivity index (χ4v) is 4.02. The number of Topliss-reactive ketones (excluding diaryl/α,β-unsaturated/α-hetero) is 1. The predicted octanol–water partition coefficient (Wildman–Crippen LogP) is 1.68. The van der Waals surface area contributed by atoms with Crippen molar-refractivity contribution >= 4 is 5.78 Å². The van der Waals surface area contributed by atoms with Crippen molar-refractivity contribution in [1.29, 1.82) is 0 Å². The van der Waals surface area contributed by atoms with Crippen LogP contribution in [0.5, 0.6) is 0 Å². The number of carbonyl (C=O) groups excluding carboxylic acids is 1. The maximum Gasteiger partial charge on any atom is 0.139 e. The van der Waals surface area contributed by atoms with Gasteiger partial charge in [-0.25, -0.2) is 0 Å². The fraction of sp³-hybridized carbons (Fsp3) is 0.750. The molecule has 3 rings (SSSR count). The average Bonchev–Trinajstić information content (AvgIpc) is 2.59. The van der Waals surface area contributed by atoms with Crippen LogP contribution in [-0.2, 0) is 4.79 Å². The molecule has 0 aromatic heterocycles. The molecule has 1 N–H and O–H groups in total. The van der Waals surface area contributed by atoms with E-state index in [-0.39, 0.29) is 17.4 Å². The fourth-order valence-electron chi connectivity index (χ4n) is 4.02. The summed E-state index contributed by atoms with van der Waals surface area (Å²) in [7, 11) is 0. The van der Waals surface area contributed by atoms with Gasteiger partial charge in [0.1, 0.15) is 5.78 Å². The summed E-state index contributed by atoms with van der Waals surface area (Å²) in [6, 6.07) is 0. The van der Waals surface area contributed by atoms with Crippen molar-refractivity contribution in [3.05, 3.63) is 12.2 Å². The van der Waals surface area contributed by atoms with E-state index in [1.165, 1.54) is 5.57 Å². The van der Waals surface area contributed by atoms with E-state index in [1.54, 1.807) is 0 Å². The van der Waals surface area contributed by atoms with Gasteiger partial charge in [0, 0.05) is 17.8 Å². The van der Waals surface area contributed by atoms with Crippen LogP contribution in [0.4, 0.5) is 0 Å². The molecule has 4 atom stereocenters. The summed E-state index contributed by atoms with van der Waals surface area (Å²) in [6.07, 6.45) is 4.06. The van der Waals surface area contributed by atoms with Crippen LogP contribution in [0.25, 0.3) is 0 Å². The molecule has 3 saturated carbocycles. The molecule has 0 aliphatic heterocycles. The Bertz CT molecular complexity index is 320. The topological polar surface area (TPSA) is 37.3 Å². The van der Waals surface area contributed by atoms with Crippen LogP contribution in [0.3, 0.4) is 0 Å². The largest absolute Gasteiger partial charge is 0.392 e. The van der Waals surface area contributed by atoms with Crippen LogP contribution < -0.4 is 0 Å². The van der Waals surface area contributed by atoms with Crippen molar-refractivity contribution in [2.24, 2.45) is 17.3 Å². The Balaban J connectivity index is 2.10. The first-order valence-corrected chi connectivity index (χ1v) is 5.55. The van der Waals surface area contributed by atoms with E-state index in [0.717, 1.165) is 25.7 Å². The molecule has 0 aromatic carbocycles. The van der Waals surface area contributed by atoms with Crippen LogP contribution >= 0.6 is 0 Å². The lowest BCUT2D eigenvalue weighted by Crippen LogP contribution is -2.35.